The third-order valence-corrected chi connectivity index (χ3v) is 5.40. The summed E-state index contributed by atoms with van der Waals surface area (Å²) < 4.78 is 25.1. The first kappa shape index (κ1) is 19.4. The predicted octanol–water partition coefficient (Wildman–Crippen LogP) is -1.07. The predicted molar refractivity (Wildman–Crippen MR) is 87.5 cm³/mol. The number of hydrogen-bond donors (Lipinski definition) is 3. The van der Waals surface area contributed by atoms with Gasteiger partial charge in [-0.05, 0) is 19.1 Å². The molecule has 0 aliphatic carbocycles. The van der Waals surface area contributed by atoms with Crippen LogP contribution in [0.1, 0.15) is 23.7 Å². The van der Waals surface area contributed by atoms with Crippen LogP contribution in [0.25, 0.3) is 0 Å². The van der Waals surface area contributed by atoms with Gasteiger partial charge in [0.2, 0.25) is 11.8 Å². The number of sulfonamides is 1. The SMILES string of the molecule is CC(NC(=O)CN1C(=O)c2ccccc2S1(=O)=O)C(=O)NCCC(=O)O. The number of amides is 3. The summed E-state index contributed by atoms with van der Waals surface area (Å²) in [7, 11) is -4.11. The summed E-state index contributed by atoms with van der Waals surface area (Å²) in [5.74, 6) is -3.36. The second kappa shape index (κ2) is 7.52. The van der Waals surface area contributed by atoms with Gasteiger partial charge in [-0.15, -0.1) is 0 Å². The lowest BCUT2D eigenvalue weighted by molar-refractivity contribution is -0.137. The van der Waals surface area contributed by atoms with Crippen LogP contribution in [0.4, 0.5) is 0 Å². The quantitative estimate of drug-likeness (QED) is 0.542. The Labute approximate surface area is 149 Å². The molecule has 140 valence electrons. The van der Waals surface area contributed by atoms with Gasteiger partial charge in [-0.25, -0.2) is 12.7 Å². The molecule has 11 heteroatoms. The molecule has 0 fully saturated rings. The van der Waals surface area contributed by atoms with Crippen LogP contribution in [0, 0.1) is 0 Å². The number of carboxylic acid groups (broad SMARTS) is 1. The molecular weight excluding hydrogens is 366 g/mol. The van der Waals surface area contributed by atoms with Crippen molar-refractivity contribution in [1.82, 2.24) is 14.9 Å². The number of carbonyl (C=O) groups is 4. The Hall–Kier alpha value is -2.95. The van der Waals surface area contributed by atoms with E-state index in [1.54, 1.807) is 0 Å². The fraction of sp³-hybridized carbons (Fsp3) is 0.333. The molecule has 2 rings (SSSR count). The third kappa shape index (κ3) is 3.99. The van der Waals surface area contributed by atoms with Crippen LogP contribution in [0.5, 0.6) is 0 Å². The van der Waals surface area contributed by atoms with E-state index in [1.165, 1.54) is 31.2 Å². The Morgan fingerprint density at radius 3 is 2.50 bits per heavy atom. The number of benzene rings is 1. The van der Waals surface area contributed by atoms with Crippen molar-refractivity contribution >= 4 is 33.7 Å². The molecular formula is C15H17N3O7S. The van der Waals surface area contributed by atoms with E-state index in [-0.39, 0.29) is 23.4 Å². The number of rotatable bonds is 7. The molecule has 0 spiro atoms. The number of carbonyl (C=O) groups excluding carboxylic acids is 3. The van der Waals surface area contributed by atoms with E-state index in [4.69, 9.17) is 5.11 Å². The Bertz CT molecular complexity index is 866. The van der Waals surface area contributed by atoms with Crippen LogP contribution in [0.3, 0.4) is 0 Å². The zero-order valence-electron chi connectivity index (χ0n) is 13.8. The maximum absolute atomic E-state index is 12.3. The van der Waals surface area contributed by atoms with Gasteiger partial charge in [0.05, 0.1) is 12.0 Å². The molecule has 1 aromatic rings. The fourth-order valence-corrected chi connectivity index (χ4v) is 3.84. The van der Waals surface area contributed by atoms with E-state index >= 15 is 0 Å². The molecule has 0 bridgehead atoms. The molecule has 10 nitrogen and oxygen atoms in total. The Morgan fingerprint density at radius 2 is 1.88 bits per heavy atom. The number of carboxylic acids is 1. The van der Waals surface area contributed by atoms with Gasteiger partial charge in [0.1, 0.15) is 17.5 Å². The molecule has 26 heavy (non-hydrogen) atoms. The largest absolute Gasteiger partial charge is 0.481 e. The maximum Gasteiger partial charge on any atom is 0.305 e. The second-order valence-electron chi connectivity index (χ2n) is 5.54. The van der Waals surface area contributed by atoms with Crippen LogP contribution >= 0.6 is 0 Å². The van der Waals surface area contributed by atoms with E-state index in [0.29, 0.717) is 4.31 Å². The second-order valence-corrected chi connectivity index (χ2v) is 7.37. The average molecular weight is 383 g/mol. The summed E-state index contributed by atoms with van der Waals surface area (Å²) in [4.78, 5) is 46.2. The molecule has 1 aliphatic heterocycles. The van der Waals surface area contributed by atoms with Gasteiger partial charge in [-0.2, -0.15) is 0 Å². The lowest BCUT2D eigenvalue weighted by Gasteiger charge is -2.17. The molecule has 1 heterocycles. The maximum atomic E-state index is 12.3. The minimum atomic E-state index is -4.11. The number of aliphatic carboxylic acids is 1. The highest BCUT2D eigenvalue weighted by atomic mass is 32.2. The molecule has 3 amide bonds. The monoisotopic (exact) mass is 383 g/mol. The lowest BCUT2D eigenvalue weighted by Crippen LogP contribution is -2.49. The normalized spacial score (nSPS) is 15.9. The topological polar surface area (TPSA) is 150 Å². The van der Waals surface area contributed by atoms with E-state index in [2.05, 4.69) is 10.6 Å². The van der Waals surface area contributed by atoms with Gasteiger partial charge in [-0.3, -0.25) is 19.2 Å². The first-order valence-corrected chi connectivity index (χ1v) is 9.03. The highest BCUT2D eigenvalue weighted by Gasteiger charge is 2.41. The smallest absolute Gasteiger partial charge is 0.305 e. The first-order valence-electron chi connectivity index (χ1n) is 7.59. The van der Waals surface area contributed by atoms with Gasteiger partial charge < -0.3 is 15.7 Å². The summed E-state index contributed by atoms with van der Waals surface area (Å²) in [6, 6.07) is 4.58. The molecule has 1 aromatic carbocycles. The molecule has 0 saturated carbocycles. The van der Waals surface area contributed by atoms with Crippen LogP contribution < -0.4 is 10.6 Å². The summed E-state index contributed by atoms with van der Waals surface area (Å²) in [5.41, 5.74) is -0.0141. The van der Waals surface area contributed by atoms with Crippen LogP contribution in [0.15, 0.2) is 29.2 Å². The highest BCUT2D eigenvalue weighted by molar-refractivity contribution is 7.90. The first-order chi connectivity index (χ1) is 12.1. The van der Waals surface area contributed by atoms with Crippen molar-refractivity contribution < 1.29 is 32.7 Å². The van der Waals surface area contributed by atoms with Crippen molar-refractivity contribution in [3.05, 3.63) is 29.8 Å². The highest BCUT2D eigenvalue weighted by Crippen LogP contribution is 2.29. The fourth-order valence-electron chi connectivity index (χ4n) is 2.32. The van der Waals surface area contributed by atoms with Crippen molar-refractivity contribution in [3.8, 4) is 0 Å². The van der Waals surface area contributed by atoms with Gasteiger partial charge >= 0.3 is 5.97 Å². The number of nitrogens with one attached hydrogen (secondary N) is 2. The Balaban J connectivity index is 1.97. The lowest BCUT2D eigenvalue weighted by atomic mass is 10.2. The van der Waals surface area contributed by atoms with Crippen molar-refractivity contribution in [2.75, 3.05) is 13.1 Å². The van der Waals surface area contributed by atoms with Crippen molar-refractivity contribution in [3.63, 3.8) is 0 Å². The van der Waals surface area contributed by atoms with Gasteiger partial charge in [0.15, 0.2) is 0 Å². The van der Waals surface area contributed by atoms with E-state index < -0.39 is 46.3 Å². The van der Waals surface area contributed by atoms with Crippen molar-refractivity contribution in [2.45, 2.75) is 24.3 Å². The van der Waals surface area contributed by atoms with E-state index in [1.807, 2.05) is 0 Å². The minimum Gasteiger partial charge on any atom is -0.481 e. The van der Waals surface area contributed by atoms with Gasteiger partial charge in [-0.1, -0.05) is 12.1 Å². The van der Waals surface area contributed by atoms with E-state index in [0.717, 1.165) is 0 Å². The van der Waals surface area contributed by atoms with Gasteiger partial charge in [0, 0.05) is 6.54 Å². The van der Waals surface area contributed by atoms with Crippen molar-refractivity contribution in [2.24, 2.45) is 0 Å². The molecule has 0 aromatic heterocycles. The zero-order chi connectivity index (χ0) is 19.5. The molecule has 0 radical (unpaired) electrons. The Morgan fingerprint density at radius 1 is 1.23 bits per heavy atom. The summed E-state index contributed by atoms with van der Waals surface area (Å²) >= 11 is 0. The van der Waals surface area contributed by atoms with Crippen molar-refractivity contribution in [1.29, 1.82) is 0 Å². The number of hydrogen-bond acceptors (Lipinski definition) is 6. The zero-order valence-corrected chi connectivity index (χ0v) is 14.6. The van der Waals surface area contributed by atoms with Crippen LogP contribution in [-0.2, 0) is 24.4 Å². The number of nitrogens with zero attached hydrogens (tertiary/aromatic N) is 1. The summed E-state index contributed by atoms with van der Waals surface area (Å²) in [5, 5.41) is 13.1. The molecule has 1 aliphatic rings. The summed E-state index contributed by atoms with van der Waals surface area (Å²) in [6.07, 6.45) is -0.273. The average Bonchev–Trinajstić information content (AvgIpc) is 2.76. The number of fused-ring (bicyclic) bond motifs is 1. The van der Waals surface area contributed by atoms with E-state index in [9.17, 15) is 27.6 Å². The molecule has 3 N–H and O–H groups in total. The van der Waals surface area contributed by atoms with Gasteiger partial charge in [0.25, 0.3) is 15.9 Å². The van der Waals surface area contributed by atoms with Crippen LogP contribution in [-0.4, -0.2) is 60.7 Å². The molecule has 0 saturated heterocycles. The summed E-state index contributed by atoms with van der Waals surface area (Å²) in [6.45, 7) is 0.480. The molecule has 1 atom stereocenters. The van der Waals surface area contributed by atoms with Crippen LogP contribution in [0.2, 0.25) is 0 Å². The third-order valence-electron chi connectivity index (χ3n) is 3.61. The standard InChI is InChI=1S/C15H17N3O7S/c1-9(14(22)16-7-6-13(20)21)17-12(19)8-18-15(23)10-4-2-3-5-11(10)26(18,24)25/h2-5,9H,6-8H2,1H3,(H,16,22)(H,17,19)(H,20,21). The Kier molecular flexibility index (Phi) is 5.60. The minimum absolute atomic E-state index is 0.0141. The molecule has 1 unspecified atom stereocenters.